The van der Waals surface area contributed by atoms with Crippen LogP contribution in [0.25, 0.3) is 16.6 Å². The predicted molar refractivity (Wildman–Crippen MR) is 63.8 cm³/mol. The minimum absolute atomic E-state index is 0.112. The van der Waals surface area contributed by atoms with E-state index in [4.69, 9.17) is 4.18 Å². The molecule has 0 radical (unpaired) electrons. The maximum absolute atomic E-state index is 11.2. The molecule has 2 heterocycles. The van der Waals surface area contributed by atoms with Crippen molar-refractivity contribution in [3.8, 4) is 5.75 Å². The highest BCUT2D eigenvalue weighted by Crippen LogP contribution is 2.25. The molecule has 0 aliphatic carbocycles. The summed E-state index contributed by atoms with van der Waals surface area (Å²) in [5, 5.41) is 11.9. The minimum Gasteiger partial charge on any atom is -0.378 e. The monoisotopic (exact) mass is 264 g/mol. The van der Waals surface area contributed by atoms with E-state index >= 15 is 0 Å². The van der Waals surface area contributed by atoms with Crippen molar-refractivity contribution in [3.63, 3.8) is 0 Å². The fourth-order valence-corrected chi connectivity index (χ4v) is 2.18. The number of hydrogen-bond donors (Lipinski definition) is 0. The van der Waals surface area contributed by atoms with E-state index in [0.29, 0.717) is 0 Å². The molecule has 0 atom stereocenters. The zero-order valence-electron chi connectivity index (χ0n) is 9.31. The molecule has 0 fully saturated rings. The molecule has 0 unspecified atom stereocenters. The van der Waals surface area contributed by atoms with E-state index in [9.17, 15) is 8.42 Å². The van der Waals surface area contributed by atoms with Crippen molar-refractivity contribution >= 4 is 26.7 Å². The van der Waals surface area contributed by atoms with Gasteiger partial charge in [-0.3, -0.25) is 0 Å². The Kier molecular flexibility index (Phi) is 2.20. The maximum Gasteiger partial charge on any atom is 0.306 e. The second-order valence-corrected chi connectivity index (χ2v) is 5.34. The third-order valence-electron chi connectivity index (χ3n) is 2.38. The van der Waals surface area contributed by atoms with E-state index < -0.39 is 10.1 Å². The standard InChI is InChI=1S/C10H8N4O3S/c1-18(15,16)17-9-6-7-4-2-3-5-8(7)14-10(9)11-12-13-14/h2-6H,1H3. The summed E-state index contributed by atoms with van der Waals surface area (Å²) >= 11 is 0. The van der Waals surface area contributed by atoms with Gasteiger partial charge in [-0.05, 0) is 22.6 Å². The zero-order chi connectivity index (χ0) is 12.8. The van der Waals surface area contributed by atoms with Crippen LogP contribution in [0, 0.1) is 0 Å². The van der Waals surface area contributed by atoms with Crippen molar-refractivity contribution in [1.29, 1.82) is 0 Å². The molecule has 0 amide bonds. The highest BCUT2D eigenvalue weighted by atomic mass is 32.2. The van der Waals surface area contributed by atoms with Gasteiger partial charge in [0.25, 0.3) is 0 Å². The Bertz CT molecular complexity index is 841. The molecule has 0 bridgehead atoms. The summed E-state index contributed by atoms with van der Waals surface area (Å²) in [6.45, 7) is 0. The average molecular weight is 264 g/mol. The first-order valence-corrected chi connectivity index (χ1v) is 6.85. The summed E-state index contributed by atoms with van der Waals surface area (Å²) in [5.41, 5.74) is 1.04. The second-order valence-electron chi connectivity index (χ2n) is 3.77. The molecule has 18 heavy (non-hydrogen) atoms. The van der Waals surface area contributed by atoms with Crippen molar-refractivity contribution in [2.24, 2.45) is 0 Å². The largest absolute Gasteiger partial charge is 0.378 e. The van der Waals surface area contributed by atoms with Gasteiger partial charge in [-0.1, -0.05) is 18.2 Å². The lowest BCUT2D eigenvalue weighted by Crippen LogP contribution is -2.07. The van der Waals surface area contributed by atoms with Crippen LogP contribution in [0.1, 0.15) is 0 Å². The Morgan fingerprint density at radius 3 is 2.83 bits per heavy atom. The van der Waals surface area contributed by atoms with Crippen LogP contribution in [-0.2, 0) is 10.1 Å². The van der Waals surface area contributed by atoms with E-state index in [0.717, 1.165) is 17.2 Å². The van der Waals surface area contributed by atoms with Gasteiger partial charge >= 0.3 is 10.1 Å². The lowest BCUT2D eigenvalue weighted by Gasteiger charge is -2.05. The Morgan fingerprint density at radius 2 is 2.06 bits per heavy atom. The van der Waals surface area contributed by atoms with Crippen molar-refractivity contribution in [2.75, 3.05) is 6.26 Å². The van der Waals surface area contributed by atoms with Gasteiger partial charge in [0.05, 0.1) is 11.8 Å². The molecule has 0 aliphatic rings. The first-order valence-electron chi connectivity index (χ1n) is 5.04. The fraction of sp³-hybridized carbons (Fsp3) is 0.100. The van der Waals surface area contributed by atoms with Gasteiger partial charge in [0.2, 0.25) is 5.65 Å². The van der Waals surface area contributed by atoms with E-state index in [1.54, 1.807) is 6.07 Å². The number of benzene rings is 1. The number of pyridine rings is 1. The van der Waals surface area contributed by atoms with E-state index in [1.165, 1.54) is 4.52 Å². The molecule has 2 aromatic heterocycles. The Morgan fingerprint density at radius 1 is 1.28 bits per heavy atom. The van der Waals surface area contributed by atoms with Crippen molar-refractivity contribution < 1.29 is 12.6 Å². The third kappa shape index (κ3) is 1.76. The molecule has 8 heteroatoms. The van der Waals surface area contributed by atoms with Crippen LogP contribution in [-0.4, -0.2) is 34.7 Å². The number of nitrogens with zero attached hydrogens (tertiary/aromatic N) is 4. The predicted octanol–water partition coefficient (Wildman–Crippen LogP) is 0.616. The zero-order valence-corrected chi connectivity index (χ0v) is 10.1. The topological polar surface area (TPSA) is 86.5 Å². The van der Waals surface area contributed by atoms with Gasteiger partial charge in [-0.25, -0.2) is 0 Å². The smallest absolute Gasteiger partial charge is 0.306 e. The molecule has 0 saturated heterocycles. The molecule has 0 aliphatic heterocycles. The Balaban J connectivity index is 2.39. The molecule has 0 saturated carbocycles. The summed E-state index contributed by atoms with van der Waals surface area (Å²) in [4.78, 5) is 0. The number of para-hydroxylation sites is 1. The lowest BCUT2D eigenvalue weighted by atomic mass is 10.2. The van der Waals surface area contributed by atoms with E-state index in [2.05, 4.69) is 15.5 Å². The number of aromatic nitrogens is 4. The lowest BCUT2D eigenvalue weighted by molar-refractivity contribution is 0.494. The second kappa shape index (κ2) is 3.64. The minimum atomic E-state index is -3.62. The summed E-state index contributed by atoms with van der Waals surface area (Å²) in [6.07, 6.45) is 0.975. The highest BCUT2D eigenvalue weighted by molar-refractivity contribution is 7.86. The summed E-state index contributed by atoms with van der Waals surface area (Å²) in [5.74, 6) is 0.112. The molecule has 0 spiro atoms. The molecular formula is C10H8N4O3S. The molecular weight excluding hydrogens is 256 g/mol. The summed E-state index contributed by atoms with van der Waals surface area (Å²) in [6, 6.07) is 8.94. The molecule has 0 N–H and O–H groups in total. The molecule has 3 aromatic rings. The van der Waals surface area contributed by atoms with Gasteiger partial charge in [0.15, 0.2) is 5.75 Å². The molecule has 1 aromatic carbocycles. The number of hydrogen-bond acceptors (Lipinski definition) is 6. The van der Waals surface area contributed by atoms with E-state index in [1.807, 2.05) is 24.3 Å². The Labute approximate surface area is 102 Å². The van der Waals surface area contributed by atoms with E-state index in [-0.39, 0.29) is 11.4 Å². The van der Waals surface area contributed by atoms with Crippen LogP contribution >= 0.6 is 0 Å². The van der Waals surface area contributed by atoms with Gasteiger partial charge in [0, 0.05) is 5.39 Å². The SMILES string of the molecule is CS(=O)(=O)Oc1cc2ccccc2n2nnnc12. The summed E-state index contributed by atoms with van der Waals surface area (Å²) in [7, 11) is -3.62. The average Bonchev–Trinajstić information content (AvgIpc) is 2.76. The van der Waals surface area contributed by atoms with Gasteiger partial charge in [0.1, 0.15) is 0 Å². The molecule has 7 nitrogen and oxygen atoms in total. The van der Waals surface area contributed by atoms with Gasteiger partial charge < -0.3 is 4.18 Å². The number of fused-ring (bicyclic) bond motifs is 3. The molecule has 92 valence electrons. The fourth-order valence-electron chi connectivity index (χ4n) is 1.74. The van der Waals surface area contributed by atoms with Gasteiger partial charge in [-0.2, -0.15) is 12.9 Å². The first-order chi connectivity index (χ1) is 8.54. The normalized spacial score (nSPS) is 12.1. The maximum atomic E-state index is 11.2. The highest BCUT2D eigenvalue weighted by Gasteiger charge is 2.14. The third-order valence-corrected chi connectivity index (χ3v) is 2.86. The summed E-state index contributed by atoms with van der Waals surface area (Å²) < 4.78 is 28.7. The Hall–Kier alpha value is -2.22. The van der Waals surface area contributed by atoms with Crippen LogP contribution in [0.4, 0.5) is 0 Å². The van der Waals surface area contributed by atoms with Crippen LogP contribution in [0.2, 0.25) is 0 Å². The first kappa shape index (κ1) is 10.9. The molecule has 3 rings (SSSR count). The van der Waals surface area contributed by atoms with Crippen molar-refractivity contribution in [2.45, 2.75) is 0 Å². The van der Waals surface area contributed by atoms with Gasteiger partial charge in [-0.15, -0.1) is 5.10 Å². The van der Waals surface area contributed by atoms with Crippen LogP contribution in [0.3, 0.4) is 0 Å². The number of tetrazole rings is 1. The van der Waals surface area contributed by atoms with Crippen LogP contribution in [0.15, 0.2) is 30.3 Å². The van der Waals surface area contributed by atoms with Crippen molar-refractivity contribution in [3.05, 3.63) is 30.3 Å². The quantitative estimate of drug-likeness (QED) is 0.630. The van der Waals surface area contributed by atoms with Crippen molar-refractivity contribution in [1.82, 2.24) is 20.0 Å². The van der Waals surface area contributed by atoms with Crippen LogP contribution < -0.4 is 4.18 Å². The van der Waals surface area contributed by atoms with Crippen LogP contribution in [0.5, 0.6) is 5.75 Å². The number of rotatable bonds is 2.